The third-order valence-electron chi connectivity index (χ3n) is 3.31. The van der Waals surface area contributed by atoms with Gasteiger partial charge in [0.25, 0.3) is 0 Å². The number of rotatable bonds is 3. The number of Topliss-reactive ketones (excluding diaryl/α,β-unsaturated/α-hetero) is 1. The van der Waals surface area contributed by atoms with E-state index < -0.39 is 6.10 Å². The molecule has 1 aliphatic rings. The van der Waals surface area contributed by atoms with Crippen LogP contribution in [-0.2, 0) is 4.74 Å². The van der Waals surface area contributed by atoms with Gasteiger partial charge in [-0.15, -0.1) is 0 Å². The lowest BCUT2D eigenvalue weighted by molar-refractivity contribution is -0.0256. The molecule has 1 unspecified atom stereocenters. The molecule has 1 aromatic carbocycles. The third kappa shape index (κ3) is 3.48. The van der Waals surface area contributed by atoms with Crippen molar-refractivity contribution >= 4 is 29.0 Å². The Morgan fingerprint density at radius 2 is 2.16 bits per heavy atom. The van der Waals surface area contributed by atoms with Crippen molar-refractivity contribution in [1.82, 2.24) is 4.90 Å². The van der Waals surface area contributed by atoms with Crippen LogP contribution in [0.25, 0.3) is 0 Å². The monoisotopic (exact) mass is 301 g/mol. The van der Waals surface area contributed by atoms with Crippen LogP contribution in [0.1, 0.15) is 24.2 Å². The van der Waals surface area contributed by atoms with E-state index in [9.17, 15) is 4.79 Å². The first-order valence-corrected chi connectivity index (χ1v) is 7.09. The summed E-state index contributed by atoms with van der Waals surface area (Å²) < 4.78 is 5.58. The van der Waals surface area contributed by atoms with Gasteiger partial charge in [-0.05, 0) is 32.0 Å². The Morgan fingerprint density at radius 1 is 1.42 bits per heavy atom. The molecule has 1 atom stereocenters. The summed E-state index contributed by atoms with van der Waals surface area (Å²) in [6.45, 7) is 6.23. The van der Waals surface area contributed by atoms with E-state index in [1.165, 1.54) is 0 Å². The van der Waals surface area contributed by atoms with E-state index in [1.54, 1.807) is 18.2 Å². The first-order chi connectivity index (χ1) is 8.99. The molecule has 1 aliphatic heterocycles. The normalized spacial score (nSPS) is 20.8. The van der Waals surface area contributed by atoms with E-state index >= 15 is 0 Å². The molecule has 1 heterocycles. The van der Waals surface area contributed by atoms with Gasteiger partial charge in [-0.1, -0.05) is 23.2 Å². The Bertz CT molecular complexity index is 477. The van der Waals surface area contributed by atoms with Crippen LogP contribution in [0.5, 0.6) is 0 Å². The second-order valence-corrected chi connectivity index (χ2v) is 5.78. The van der Waals surface area contributed by atoms with Gasteiger partial charge in [-0.3, -0.25) is 9.69 Å². The minimum atomic E-state index is -0.466. The van der Waals surface area contributed by atoms with E-state index in [0.717, 1.165) is 6.54 Å². The molecule has 0 aromatic heterocycles. The molecule has 0 N–H and O–H groups in total. The predicted molar refractivity (Wildman–Crippen MR) is 77.2 cm³/mol. The molecule has 19 heavy (non-hydrogen) atoms. The van der Waals surface area contributed by atoms with Crippen LogP contribution in [0.4, 0.5) is 0 Å². The van der Waals surface area contributed by atoms with Gasteiger partial charge in [0.2, 0.25) is 0 Å². The number of hydrogen-bond donors (Lipinski definition) is 0. The Balaban J connectivity index is 2.17. The standard InChI is InChI=1S/C14H17Cl2NO2/c1-9(2)17-5-6-19-13(8-17)14(18)11-7-10(15)3-4-12(11)16/h3-4,7,9,13H,5-6,8H2,1-2H3. The Morgan fingerprint density at radius 3 is 2.84 bits per heavy atom. The third-order valence-corrected chi connectivity index (χ3v) is 3.88. The fourth-order valence-electron chi connectivity index (χ4n) is 2.16. The van der Waals surface area contributed by atoms with E-state index in [1.807, 2.05) is 0 Å². The van der Waals surface area contributed by atoms with Crippen molar-refractivity contribution in [2.75, 3.05) is 19.7 Å². The molecule has 1 fully saturated rings. The van der Waals surface area contributed by atoms with Crippen molar-refractivity contribution in [3.8, 4) is 0 Å². The fourth-order valence-corrected chi connectivity index (χ4v) is 2.54. The highest BCUT2D eigenvalue weighted by Crippen LogP contribution is 2.23. The van der Waals surface area contributed by atoms with Crippen LogP contribution in [0.15, 0.2) is 18.2 Å². The van der Waals surface area contributed by atoms with Crippen molar-refractivity contribution < 1.29 is 9.53 Å². The van der Waals surface area contributed by atoms with Crippen molar-refractivity contribution in [3.63, 3.8) is 0 Å². The summed E-state index contributed by atoms with van der Waals surface area (Å²) in [6, 6.07) is 5.31. The molecule has 0 spiro atoms. The van der Waals surface area contributed by atoms with Crippen molar-refractivity contribution in [2.24, 2.45) is 0 Å². The number of morpholine rings is 1. The minimum Gasteiger partial charge on any atom is -0.367 e. The largest absolute Gasteiger partial charge is 0.367 e. The maximum atomic E-state index is 12.4. The molecule has 0 bridgehead atoms. The van der Waals surface area contributed by atoms with E-state index in [4.69, 9.17) is 27.9 Å². The highest BCUT2D eigenvalue weighted by Gasteiger charge is 2.29. The number of ketones is 1. The summed E-state index contributed by atoms with van der Waals surface area (Å²) in [7, 11) is 0. The van der Waals surface area contributed by atoms with E-state index in [0.29, 0.717) is 34.8 Å². The van der Waals surface area contributed by atoms with Crippen molar-refractivity contribution in [1.29, 1.82) is 0 Å². The molecular formula is C14H17Cl2NO2. The van der Waals surface area contributed by atoms with Crippen LogP contribution >= 0.6 is 23.2 Å². The summed E-state index contributed by atoms with van der Waals surface area (Å²) in [4.78, 5) is 14.7. The zero-order valence-corrected chi connectivity index (χ0v) is 12.5. The second kappa shape index (κ2) is 6.23. The number of benzene rings is 1. The Labute approximate surface area is 123 Å². The molecule has 2 rings (SSSR count). The summed E-state index contributed by atoms with van der Waals surface area (Å²) in [6.07, 6.45) is -0.466. The molecule has 0 saturated carbocycles. The van der Waals surface area contributed by atoms with E-state index in [-0.39, 0.29) is 5.78 Å². The number of carbonyl (C=O) groups excluding carboxylic acids is 1. The first kappa shape index (κ1) is 14.8. The highest BCUT2D eigenvalue weighted by molar-refractivity contribution is 6.36. The van der Waals surface area contributed by atoms with E-state index in [2.05, 4.69) is 18.7 Å². The van der Waals surface area contributed by atoms with Crippen molar-refractivity contribution in [2.45, 2.75) is 26.0 Å². The molecule has 3 nitrogen and oxygen atoms in total. The van der Waals surface area contributed by atoms with Crippen LogP contribution in [-0.4, -0.2) is 42.5 Å². The predicted octanol–water partition coefficient (Wildman–Crippen LogP) is 3.29. The SMILES string of the molecule is CC(C)N1CCOC(C(=O)c2cc(Cl)ccc2Cl)C1. The molecule has 1 aromatic rings. The van der Waals surface area contributed by atoms with Crippen molar-refractivity contribution in [3.05, 3.63) is 33.8 Å². The zero-order chi connectivity index (χ0) is 14.0. The summed E-state index contributed by atoms with van der Waals surface area (Å²) in [5.74, 6) is -0.0992. The number of halogens is 2. The van der Waals surface area contributed by atoms with Crippen LogP contribution in [0, 0.1) is 0 Å². The number of carbonyl (C=O) groups is 1. The lowest BCUT2D eigenvalue weighted by Crippen LogP contribution is -2.48. The molecule has 0 aliphatic carbocycles. The summed E-state index contributed by atoms with van der Waals surface area (Å²) in [5, 5.41) is 0.920. The zero-order valence-electron chi connectivity index (χ0n) is 11.0. The van der Waals surface area contributed by atoms with Gasteiger partial charge < -0.3 is 4.74 Å². The van der Waals surface area contributed by atoms with Gasteiger partial charge in [0.05, 0.1) is 11.6 Å². The van der Waals surface area contributed by atoms with Gasteiger partial charge in [0.1, 0.15) is 6.10 Å². The smallest absolute Gasteiger partial charge is 0.194 e. The summed E-state index contributed by atoms with van der Waals surface area (Å²) >= 11 is 12.0. The first-order valence-electron chi connectivity index (χ1n) is 6.34. The highest BCUT2D eigenvalue weighted by atomic mass is 35.5. The number of nitrogens with zero attached hydrogens (tertiary/aromatic N) is 1. The lowest BCUT2D eigenvalue weighted by Gasteiger charge is -2.34. The van der Waals surface area contributed by atoms with Gasteiger partial charge in [0, 0.05) is 29.7 Å². The molecular weight excluding hydrogens is 285 g/mol. The number of hydrogen-bond acceptors (Lipinski definition) is 3. The van der Waals surface area contributed by atoms with Crippen LogP contribution in [0.3, 0.4) is 0 Å². The number of ether oxygens (including phenoxy) is 1. The Kier molecular flexibility index (Phi) is 4.85. The summed E-state index contributed by atoms with van der Waals surface area (Å²) in [5.41, 5.74) is 0.435. The lowest BCUT2D eigenvalue weighted by atomic mass is 10.0. The minimum absolute atomic E-state index is 0.0992. The average Bonchev–Trinajstić information content (AvgIpc) is 2.41. The average molecular weight is 302 g/mol. The van der Waals surface area contributed by atoms with Gasteiger partial charge in [-0.25, -0.2) is 0 Å². The quantitative estimate of drug-likeness (QED) is 0.803. The molecule has 0 amide bonds. The topological polar surface area (TPSA) is 29.5 Å². The van der Waals surface area contributed by atoms with Crippen LogP contribution in [0.2, 0.25) is 10.0 Å². The molecule has 104 valence electrons. The van der Waals surface area contributed by atoms with Gasteiger partial charge in [-0.2, -0.15) is 0 Å². The second-order valence-electron chi connectivity index (χ2n) is 4.94. The van der Waals surface area contributed by atoms with Gasteiger partial charge in [0.15, 0.2) is 5.78 Å². The molecule has 5 heteroatoms. The maximum Gasteiger partial charge on any atom is 0.194 e. The van der Waals surface area contributed by atoms with Gasteiger partial charge >= 0.3 is 0 Å². The molecule has 0 radical (unpaired) electrons. The maximum absolute atomic E-state index is 12.4. The van der Waals surface area contributed by atoms with Crippen LogP contribution < -0.4 is 0 Å². The fraction of sp³-hybridized carbons (Fsp3) is 0.500. The Hall–Kier alpha value is -0.610. The molecule has 1 saturated heterocycles.